The van der Waals surface area contributed by atoms with E-state index in [0.29, 0.717) is 0 Å². The Bertz CT molecular complexity index is 164. The SMILES string of the molecule is O=C(O)NCC(O)C(Cl)(Cl)CCl. The molecule has 0 aliphatic carbocycles. The molecule has 0 aromatic heterocycles. The van der Waals surface area contributed by atoms with Gasteiger partial charge in [0.25, 0.3) is 0 Å². The molecule has 7 heteroatoms. The number of hydrogen-bond donors (Lipinski definition) is 3. The zero-order valence-corrected chi connectivity index (χ0v) is 8.20. The molecular formula is C5H8Cl3NO3. The molecule has 1 atom stereocenters. The smallest absolute Gasteiger partial charge is 0.404 e. The minimum absolute atomic E-state index is 0.182. The van der Waals surface area contributed by atoms with Gasteiger partial charge in [-0.3, -0.25) is 0 Å². The molecule has 1 amide bonds. The van der Waals surface area contributed by atoms with Crippen molar-refractivity contribution in [2.45, 2.75) is 10.4 Å². The molecule has 0 saturated carbocycles. The maximum Gasteiger partial charge on any atom is 0.404 e. The summed E-state index contributed by atoms with van der Waals surface area (Å²) in [5, 5.41) is 19.2. The van der Waals surface area contributed by atoms with Crippen molar-refractivity contribution in [2.24, 2.45) is 0 Å². The lowest BCUT2D eigenvalue weighted by molar-refractivity contribution is 0.149. The summed E-state index contributed by atoms with van der Waals surface area (Å²) in [5.41, 5.74) is 0. The van der Waals surface area contributed by atoms with Gasteiger partial charge in [0.15, 0.2) is 4.33 Å². The first-order valence-corrected chi connectivity index (χ1v) is 4.28. The summed E-state index contributed by atoms with van der Waals surface area (Å²) < 4.78 is -1.52. The number of halogens is 3. The molecule has 0 heterocycles. The van der Waals surface area contributed by atoms with Crippen LogP contribution >= 0.6 is 34.8 Å². The lowest BCUT2D eigenvalue weighted by atomic mass is 10.2. The number of carboxylic acid groups (broad SMARTS) is 1. The molecule has 0 aliphatic rings. The van der Waals surface area contributed by atoms with E-state index in [1.807, 2.05) is 5.32 Å². The Morgan fingerprint density at radius 1 is 1.58 bits per heavy atom. The van der Waals surface area contributed by atoms with E-state index >= 15 is 0 Å². The Morgan fingerprint density at radius 3 is 2.42 bits per heavy atom. The monoisotopic (exact) mass is 235 g/mol. The van der Waals surface area contributed by atoms with Gasteiger partial charge in [0.1, 0.15) is 6.10 Å². The Kier molecular flexibility index (Phi) is 5.01. The topological polar surface area (TPSA) is 69.6 Å². The number of aliphatic hydroxyl groups excluding tert-OH is 1. The predicted octanol–water partition coefficient (Wildman–Crippen LogP) is 1.03. The van der Waals surface area contributed by atoms with Gasteiger partial charge < -0.3 is 15.5 Å². The van der Waals surface area contributed by atoms with Crippen molar-refractivity contribution in [1.82, 2.24) is 5.32 Å². The molecule has 0 spiro atoms. The largest absolute Gasteiger partial charge is 0.465 e. The van der Waals surface area contributed by atoms with Crippen LogP contribution in [0.15, 0.2) is 0 Å². The van der Waals surface area contributed by atoms with Gasteiger partial charge in [-0.15, -0.1) is 11.6 Å². The van der Waals surface area contributed by atoms with Gasteiger partial charge in [0.2, 0.25) is 0 Å². The fraction of sp³-hybridized carbons (Fsp3) is 0.800. The highest BCUT2D eigenvalue weighted by Gasteiger charge is 2.32. The maximum absolute atomic E-state index is 9.98. The van der Waals surface area contributed by atoms with Gasteiger partial charge in [-0.1, -0.05) is 23.2 Å². The summed E-state index contributed by atoms with van der Waals surface area (Å²) in [6.07, 6.45) is -2.48. The molecule has 0 rings (SSSR count). The molecule has 12 heavy (non-hydrogen) atoms. The van der Waals surface area contributed by atoms with E-state index in [2.05, 4.69) is 0 Å². The van der Waals surface area contributed by atoms with E-state index in [4.69, 9.17) is 45.0 Å². The van der Waals surface area contributed by atoms with Crippen molar-refractivity contribution in [3.63, 3.8) is 0 Å². The zero-order valence-electron chi connectivity index (χ0n) is 5.93. The van der Waals surface area contributed by atoms with Crippen LogP contribution in [0.2, 0.25) is 0 Å². The molecule has 0 fully saturated rings. The average molecular weight is 236 g/mol. The van der Waals surface area contributed by atoms with Crippen LogP contribution in [-0.4, -0.2) is 39.2 Å². The van der Waals surface area contributed by atoms with Crippen LogP contribution in [0.3, 0.4) is 0 Å². The zero-order chi connectivity index (χ0) is 9.78. The summed E-state index contributed by atoms with van der Waals surface area (Å²) in [6, 6.07) is 0. The molecule has 0 aromatic rings. The first-order chi connectivity index (χ1) is 5.40. The third-order valence-corrected chi connectivity index (χ3v) is 2.58. The molecule has 0 radical (unpaired) electrons. The van der Waals surface area contributed by atoms with E-state index in [0.717, 1.165) is 0 Å². The van der Waals surface area contributed by atoms with Gasteiger partial charge in [-0.05, 0) is 0 Å². The number of nitrogens with one attached hydrogen (secondary N) is 1. The second-order valence-corrected chi connectivity index (χ2v) is 3.91. The lowest BCUT2D eigenvalue weighted by Gasteiger charge is -2.22. The van der Waals surface area contributed by atoms with Crippen molar-refractivity contribution >= 4 is 40.9 Å². The fourth-order valence-electron chi connectivity index (χ4n) is 0.422. The van der Waals surface area contributed by atoms with Gasteiger partial charge >= 0.3 is 6.09 Å². The van der Waals surface area contributed by atoms with E-state index in [-0.39, 0.29) is 12.4 Å². The van der Waals surface area contributed by atoms with Crippen molar-refractivity contribution in [1.29, 1.82) is 0 Å². The quantitative estimate of drug-likeness (QED) is 0.639. The summed E-state index contributed by atoms with van der Waals surface area (Å²) >= 11 is 16.3. The second kappa shape index (κ2) is 4.97. The molecule has 0 saturated heterocycles. The summed E-state index contributed by atoms with van der Waals surface area (Å²) in [5.74, 6) is -0.182. The fourth-order valence-corrected chi connectivity index (χ4v) is 0.755. The average Bonchev–Trinajstić information content (AvgIpc) is 2.00. The van der Waals surface area contributed by atoms with E-state index in [1.165, 1.54) is 0 Å². The molecule has 0 bridgehead atoms. The van der Waals surface area contributed by atoms with Crippen molar-refractivity contribution in [3.05, 3.63) is 0 Å². The minimum Gasteiger partial charge on any atom is -0.465 e. The first-order valence-electron chi connectivity index (χ1n) is 2.99. The van der Waals surface area contributed by atoms with Crippen molar-refractivity contribution in [3.8, 4) is 0 Å². The van der Waals surface area contributed by atoms with Crippen LogP contribution < -0.4 is 5.32 Å². The highest BCUT2D eigenvalue weighted by molar-refractivity contribution is 6.51. The van der Waals surface area contributed by atoms with Gasteiger partial charge in [-0.2, -0.15) is 0 Å². The van der Waals surface area contributed by atoms with E-state index < -0.39 is 16.5 Å². The Hall–Kier alpha value is 0.1000. The molecule has 0 aliphatic heterocycles. The number of alkyl halides is 3. The Labute approximate surface area is 84.4 Å². The van der Waals surface area contributed by atoms with Crippen LogP contribution in [-0.2, 0) is 0 Å². The highest BCUT2D eigenvalue weighted by atomic mass is 35.5. The Balaban J connectivity index is 3.86. The number of rotatable bonds is 4. The predicted molar refractivity (Wildman–Crippen MR) is 47.2 cm³/mol. The molecule has 72 valence electrons. The number of hydrogen-bond acceptors (Lipinski definition) is 2. The number of aliphatic hydroxyl groups is 1. The second-order valence-electron chi connectivity index (χ2n) is 2.10. The Morgan fingerprint density at radius 2 is 2.08 bits per heavy atom. The standard InChI is InChI=1S/C5H8Cl3NO3/c6-2-5(7,8)3(10)1-9-4(11)12/h3,9-10H,1-2H2,(H,11,12). The van der Waals surface area contributed by atoms with Crippen LogP contribution in [0, 0.1) is 0 Å². The molecule has 3 N–H and O–H groups in total. The van der Waals surface area contributed by atoms with Crippen molar-refractivity contribution < 1.29 is 15.0 Å². The summed E-state index contributed by atoms with van der Waals surface area (Å²) in [7, 11) is 0. The molecule has 0 aromatic carbocycles. The summed E-state index contributed by atoms with van der Waals surface area (Å²) in [4.78, 5) is 9.98. The third-order valence-electron chi connectivity index (χ3n) is 1.11. The van der Waals surface area contributed by atoms with Crippen LogP contribution in [0.5, 0.6) is 0 Å². The molecule has 4 nitrogen and oxygen atoms in total. The first kappa shape index (κ1) is 12.1. The van der Waals surface area contributed by atoms with Gasteiger partial charge in [0.05, 0.1) is 5.88 Å². The van der Waals surface area contributed by atoms with Crippen molar-refractivity contribution in [2.75, 3.05) is 12.4 Å². The highest BCUT2D eigenvalue weighted by Crippen LogP contribution is 2.26. The molecule has 1 unspecified atom stereocenters. The summed E-state index contributed by atoms with van der Waals surface area (Å²) in [6.45, 7) is -0.255. The van der Waals surface area contributed by atoms with Crippen LogP contribution in [0.1, 0.15) is 0 Å². The number of amides is 1. The van der Waals surface area contributed by atoms with Crippen LogP contribution in [0.25, 0.3) is 0 Å². The van der Waals surface area contributed by atoms with Gasteiger partial charge in [0, 0.05) is 6.54 Å². The maximum atomic E-state index is 9.98. The molecular weight excluding hydrogens is 228 g/mol. The minimum atomic E-state index is -1.52. The van der Waals surface area contributed by atoms with Gasteiger partial charge in [-0.25, -0.2) is 4.79 Å². The normalized spacial score (nSPS) is 14.0. The van der Waals surface area contributed by atoms with E-state index in [9.17, 15) is 4.79 Å². The lowest BCUT2D eigenvalue weighted by Crippen LogP contribution is -2.42. The third kappa shape index (κ3) is 4.21. The van der Waals surface area contributed by atoms with E-state index in [1.54, 1.807) is 0 Å². The number of carbonyl (C=O) groups is 1. The van der Waals surface area contributed by atoms with Crippen LogP contribution in [0.4, 0.5) is 4.79 Å².